The summed E-state index contributed by atoms with van der Waals surface area (Å²) in [6, 6.07) is 7.20. The lowest BCUT2D eigenvalue weighted by atomic mass is 10.2. The molecule has 0 unspecified atom stereocenters. The minimum Gasteiger partial charge on any atom is -0.481 e. The zero-order valence-electron chi connectivity index (χ0n) is 12.2. The SMILES string of the molecule is C#CCOc1ccc(NC(=O)N2CCOC[C@H]2CC)cc1. The number of nitrogens with zero attached hydrogens (tertiary/aromatic N) is 1. The summed E-state index contributed by atoms with van der Waals surface area (Å²) >= 11 is 0. The number of benzene rings is 1. The van der Waals surface area contributed by atoms with E-state index in [9.17, 15) is 4.79 Å². The van der Waals surface area contributed by atoms with Crippen LogP contribution < -0.4 is 10.1 Å². The molecule has 0 aromatic heterocycles. The summed E-state index contributed by atoms with van der Waals surface area (Å²) in [6.07, 6.45) is 6.01. The molecule has 0 spiro atoms. The molecule has 1 aliphatic heterocycles. The molecule has 1 atom stereocenters. The Bertz CT molecular complexity index is 507. The van der Waals surface area contributed by atoms with Gasteiger partial charge >= 0.3 is 6.03 Å². The Hall–Kier alpha value is -2.19. The highest BCUT2D eigenvalue weighted by Gasteiger charge is 2.25. The first-order chi connectivity index (χ1) is 10.2. The summed E-state index contributed by atoms with van der Waals surface area (Å²) in [7, 11) is 0. The fourth-order valence-corrected chi connectivity index (χ4v) is 2.22. The van der Waals surface area contributed by atoms with Gasteiger partial charge in [-0.25, -0.2) is 4.79 Å². The van der Waals surface area contributed by atoms with Crippen LogP contribution in [0.2, 0.25) is 0 Å². The summed E-state index contributed by atoms with van der Waals surface area (Å²) in [6.45, 7) is 4.09. The van der Waals surface area contributed by atoms with Gasteiger partial charge in [0.25, 0.3) is 0 Å². The highest BCUT2D eigenvalue weighted by atomic mass is 16.5. The van der Waals surface area contributed by atoms with E-state index in [-0.39, 0.29) is 18.7 Å². The molecule has 5 heteroatoms. The van der Waals surface area contributed by atoms with Gasteiger partial charge in [0, 0.05) is 12.2 Å². The first-order valence-electron chi connectivity index (χ1n) is 7.06. The number of ether oxygens (including phenoxy) is 2. The smallest absolute Gasteiger partial charge is 0.322 e. The largest absolute Gasteiger partial charge is 0.481 e. The molecule has 2 rings (SSSR count). The van der Waals surface area contributed by atoms with Crippen molar-refractivity contribution in [3.05, 3.63) is 24.3 Å². The summed E-state index contributed by atoms with van der Waals surface area (Å²) in [4.78, 5) is 14.1. The van der Waals surface area contributed by atoms with Gasteiger partial charge in [0.1, 0.15) is 12.4 Å². The molecule has 1 aliphatic rings. The summed E-state index contributed by atoms with van der Waals surface area (Å²) < 4.78 is 10.7. The Labute approximate surface area is 125 Å². The number of amides is 2. The second kappa shape index (κ2) is 7.55. The maximum absolute atomic E-state index is 12.3. The van der Waals surface area contributed by atoms with E-state index in [1.165, 1.54) is 0 Å². The van der Waals surface area contributed by atoms with Crippen LogP contribution in [-0.4, -0.2) is 43.3 Å². The summed E-state index contributed by atoms with van der Waals surface area (Å²) in [5, 5.41) is 2.89. The maximum Gasteiger partial charge on any atom is 0.322 e. The van der Waals surface area contributed by atoms with Crippen LogP contribution in [0.5, 0.6) is 5.75 Å². The van der Waals surface area contributed by atoms with Gasteiger partial charge in [-0.1, -0.05) is 12.8 Å². The summed E-state index contributed by atoms with van der Waals surface area (Å²) in [5.41, 5.74) is 0.731. The third kappa shape index (κ3) is 4.14. The average molecular weight is 288 g/mol. The van der Waals surface area contributed by atoms with E-state index in [0.29, 0.717) is 25.5 Å². The molecule has 1 N–H and O–H groups in total. The first-order valence-corrected chi connectivity index (χ1v) is 7.06. The van der Waals surface area contributed by atoms with E-state index in [1.807, 2.05) is 4.90 Å². The van der Waals surface area contributed by atoms with Crippen LogP contribution in [-0.2, 0) is 4.74 Å². The Kier molecular flexibility index (Phi) is 5.47. The van der Waals surface area contributed by atoms with Crippen LogP contribution in [0.15, 0.2) is 24.3 Å². The van der Waals surface area contributed by atoms with Crippen LogP contribution in [0, 0.1) is 12.3 Å². The van der Waals surface area contributed by atoms with Crippen molar-refractivity contribution in [3.63, 3.8) is 0 Å². The molecule has 1 aromatic rings. The van der Waals surface area contributed by atoms with E-state index in [2.05, 4.69) is 18.2 Å². The number of carbonyl (C=O) groups is 1. The average Bonchev–Trinajstić information content (AvgIpc) is 2.54. The molecular weight excluding hydrogens is 268 g/mol. The molecule has 1 fully saturated rings. The molecule has 21 heavy (non-hydrogen) atoms. The maximum atomic E-state index is 12.3. The van der Waals surface area contributed by atoms with Crippen LogP contribution in [0.4, 0.5) is 10.5 Å². The molecule has 0 bridgehead atoms. The Morgan fingerprint density at radius 1 is 1.52 bits per heavy atom. The Morgan fingerprint density at radius 2 is 2.29 bits per heavy atom. The van der Waals surface area contributed by atoms with Gasteiger partial charge in [0.15, 0.2) is 0 Å². The van der Waals surface area contributed by atoms with Crippen molar-refractivity contribution in [2.45, 2.75) is 19.4 Å². The predicted molar refractivity (Wildman–Crippen MR) is 81.4 cm³/mol. The zero-order valence-corrected chi connectivity index (χ0v) is 12.2. The Balaban J connectivity index is 1.94. The lowest BCUT2D eigenvalue weighted by molar-refractivity contribution is 0.0144. The lowest BCUT2D eigenvalue weighted by Gasteiger charge is -2.35. The van der Waals surface area contributed by atoms with Crippen LogP contribution >= 0.6 is 0 Å². The molecular formula is C16H20N2O3. The van der Waals surface area contributed by atoms with E-state index < -0.39 is 0 Å². The van der Waals surface area contributed by atoms with Crippen molar-refractivity contribution in [1.29, 1.82) is 0 Å². The predicted octanol–water partition coefficient (Wildman–Crippen LogP) is 2.34. The van der Waals surface area contributed by atoms with Crippen molar-refractivity contribution in [2.24, 2.45) is 0 Å². The van der Waals surface area contributed by atoms with E-state index >= 15 is 0 Å². The normalized spacial score (nSPS) is 17.9. The fraction of sp³-hybridized carbons (Fsp3) is 0.438. The third-order valence-electron chi connectivity index (χ3n) is 3.39. The molecule has 1 saturated heterocycles. The van der Waals surface area contributed by atoms with E-state index in [4.69, 9.17) is 15.9 Å². The van der Waals surface area contributed by atoms with Gasteiger partial charge < -0.3 is 19.7 Å². The van der Waals surface area contributed by atoms with Gasteiger partial charge in [-0.3, -0.25) is 0 Å². The van der Waals surface area contributed by atoms with E-state index in [1.54, 1.807) is 24.3 Å². The van der Waals surface area contributed by atoms with Crippen LogP contribution in [0.1, 0.15) is 13.3 Å². The number of anilines is 1. The topological polar surface area (TPSA) is 50.8 Å². The first kappa shape index (κ1) is 15.2. The minimum absolute atomic E-state index is 0.0950. The molecule has 5 nitrogen and oxygen atoms in total. The number of nitrogens with one attached hydrogen (secondary N) is 1. The Morgan fingerprint density at radius 3 is 2.95 bits per heavy atom. The molecule has 1 aromatic carbocycles. The van der Waals surface area contributed by atoms with Crippen molar-refractivity contribution in [2.75, 3.05) is 31.7 Å². The standard InChI is InChI=1S/C16H20N2O3/c1-3-10-21-15-7-5-13(6-8-15)17-16(19)18-9-11-20-12-14(18)4-2/h1,5-8,14H,4,9-12H2,2H3,(H,17,19)/t14-/m1/s1. The van der Waals surface area contributed by atoms with Crippen LogP contribution in [0.3, 0.4) is 0 Å². The van der Waals surface area contributed by atoms with Gasteiger partial charge in [-0.05, 0) is 30.7 Å². The number of hydrogen-bond acceptors (Lipinski definition) is 3. The number of morpholine rings is 1. The highest BCUT2D eigenvalue weighted by Crippen LogP contribution is 2.17. The lowest BCUT2D eigenvalue weighted by Crippen LogP contribution is -2.50. The number of urea groups is 1. The number of hydrogen-bond donors (Lipinski definition) is 1. The molecule has 1 heterocycles. The number of terminal acetylenes is 1. The third-order valence-corrected chi connectivity index (χ3v) is 3.39. The highest BCUT2D eigenvalue weighted by molar-refractivity contribution is 5.89. The number of carbonyl (C=O) groups excluding carboxylic acids is 1. The van der Waals surface area contributed by atoms with Crippen molar-refractivity contribution in [3.8, 4) is 18.1 Å². The van der Waals surface area contributed by atoms with Gasteiger partial charge in [-0.2, -0.15) is 0 Å². The van der Waals surface area contributed by atoms with Gasteiger partial charge in [0.2, 0.25) is 0 Å². The van der Waals surface area contributed by atoms with Crippen molar-refractivity contribution >= 4 is 11.7 Å². The van der Waals surface area contributed by atoms with Crippen molar-refractivity contribution in [1.82, 2.24) is 4.90 Å². The van der Waals surface area contributed by atoms with Gasteiger partial charge in [0.05, 0.1) is 19.3 Å². The quantitative estimate of drug-likeness (QED) is 0.865. The van der Waals surface area contributed by atoms with E-state index in [0.717, 1.165) is 12.1 Å². The second-order valence-electron chi connectivity index (χ2n) is 4.78. The molecule has 112 valence electrons. The summed E-state index contributed by atoms with van der Waals surface area (Å²) in [5.74, 6) is 3.09. The van der Waals surface area contributed by atoms with Gasteiger partial charge in [-0.15, -0.1) is 6.42 Å². The molecule has 0 saturated carbocycles. The number of rotatable bonds is 4. The molecule has 0 radical (unpaired) electrons. The second-order valence-corrected chi connectivity index (χ2v) is 4.78. The monoisotopic (exact) mass is 288 g/mol. The molecule has 0 aliphatic carbocycles. The molecule has 2 amide bonds. The zero-order chi connectivity index (χ0) is 15.1. The van der Waals surface area contributed by atoms with Crippen molar-refractivity contribution < 1.29 is 14.3 Å². The fourth-order valence-electron chi connectivity index (χ4n) is 2.22. The minimum atomic E-state index is -0.0950. The van der Waals surface area contributed by atoms with Crippen LogP contribution in [0.25, 0.3) is 0 Å².